The molecule has 92 valence electrons. The molecule has 0 aliphatic carbocycles. The van der Waals surface area contributed by atoms with E-state index in [1.54, 1.807) is 4.90 Å². The van der Waals surface area contributed by atoms with Crippen molar-refractivity contribution < 1.29 is 4.79 Å². The van der Waals surface area contributed by atoms with Crippen molar-refractivity contribution in [3.05, 3.63) is 35.9 Å². The van der Waals surface area contributed by atoms with Gasteiger partial charge in [0.15, 0.2) is 0 Å². The zero-order valence-corrected chi connectivity index (χ0v) is 10.2. The van der Waals surface area contributed by atoms with Gasteiger partial charge >= 0.3 is 0 Å². The largest absolute Gasteiger partial charge is 0.343 e. The molecule has 0 radical (unpaired) electrons. The van der Waals surface area contributed by atoms with E-state index in [0.717, 1.165) is 19.6 Å². The third kappa shape index (κ3) is 2.65. The van der Waals surface area contributed by atoms with Gasteiger partial charge < -0.3 is 10.6 Å². The summed E-state index contributed by atoms with van der Waals surface area (Å²) in [6.07, 6.45) is 0. The van der Waals surface area contributed by atoms with Crippen LogP contribution in [0.2, 0.25) is 0 Å². The lowest BCUT2D eigenvalue weighted by atomic mass is 10.1. The first-order valence-corrected chi connectivity index (χ1v) is 5.95. The molecule has 1 aliphatic heterocycles. The van der Waals surface area contributed by atoms with Crippen molar-refractivity contribution in [3.63, 3.8) is 0 Å². The van der Waals surface area contributed by atoms with Crippen molar-refractivity contribution in [1.82, 2.24) is 9.80 Å². The molecule has 1 aliphatic rings. The second kappa shape index (κ2) is 5.29. The van der Waals surface area contributed by atoms with E-state index in [4.69, 9.17) is 5.73 Å². The van der Waals surface area contributed by atoms with E-state index in [1.807, 2.05) is 25.2 Å². The number of nitrogens with zero attached hydrogens (tertiary/aromatic N) is 2. The molecule has 1 unspecified atom stereocenters. The molecule has 2 N–H and O–H groups in total. The molecule has 1 heterocycles. The third-order valence-electron chi connectivity index (χ3n) is 3.28. The first-order valence-electron chi connectivity index (χ1n) is 5.95. The lowest BCUT2D eigenvalue weighted by Crippen LogP contribution is -2.57. The number of likely N-dealkylation sites (N-methyl/N-ethyl adjacent to an activating group) is 1. The molecule has 1 aromatic carbocycles. The van der Waals surface area contributed by atoms with Crippen LogP contribution in [0.3, 0.4) is 0 Å². The Hall–Kier alpha value is -1.39. The minimum Gasteiger partial charge on any atom is -0.343 e. The molecule has 1 fully saturated rings. The van der Waals surface area contributed by atoms with E-state index >= 15 is 0 Å². The van der Waals surface area contributed by atoms with Gasteiger partial charge in [0.25, 0.3) is 0 Å². The highest BCUT2D eigenvalue weighted by molar-refractivity contribution is 5.82. The van der Waals surface area contributed by atoms with Crippen LogP contribution >= 0.6 is 0 Å². The van der Waals surface area contributed by atoms with Gasteiger partial charge in [0, 0.05) is 33.2 Å². The summed E-state index contributed by atoms with van der Waals surface area (Å²) in [7, 11) is 1.84. The molecule has 0 saturated carbocycles. The molecule has 0 aromatic heterocycles. The van der Waals surface area contributed by atoms with E-state index in [9.17, 15) is 4.79 Å². The van der Waals surface area contributed by atoms with Crippen LogP contribution in [0, 0.1) is 0 Å². The molecular weight excluding hydrogens is 214 g/mol. The van der Waals surface area contributed by atoms with Gasteiger partial charge in [-0.1, -0.05) is 30.3 Å². The van der Waals surface area contributed by atoms with Crippen LogP contribution in [-0.2, 0) is 11.3 Å². The fraction of sp³-hybridized carbons (Fsp3) is 0.462. The highest BCUT2D eigenvalue weighted by Gasteiger charge is 2.31. The number of carbonyl (C=O) groups excluding carboxylic acids is 1. The quantitative estimate of drug-likeness (QED) is 0.816. The number of piperazine rings is 1. The van der Waals surface area contributed by atoms with Gasteiger partial charge in [0.05, 0.1) is 0 Å². The van der Waals surface area contributed by atoms with Gasteiger partial charge in [-0.3, -0.25) is 9.69 Å². The first-order chi connectivity index (χ1) is 8.22. The van der Waals surface area contributed by atoms with Crippen LogP contribution < -0.4 is 5.73 Å². The molecule has 2 rings (SSSR count). The van der Waals surface area contributed by atoms with Crippen molar-refractivity contribution in [1.29, 1.82) is 0 Å². The molecule has 1 aromatic rings. The number of benzene rings is 1. The Balaban J connectivity index is 2.07. The van der Waals surface area contributed by atoms with Gasteiger partial charge in [-0.15, -0.1) is 0 Å². The zero-order valence-electron chi connectivity index (χ0n) is 10.2. The number of nitrogens with two attached hydrogens (primary N) is 1. The van der Waals surface area contributed by atoms with Crippen LogP contribution in [-0.4, -0.2) is 48.4 Å². The van der Waals surface area contributed by atoms with Crippen LogP contribution in [0.15, 0.2) is 30.3 Å². The summed E-state index contributed by atoms with van der Waals surface area (Å²) < 4.78 is 0. The minimum atomic E-state index is -0.172. The Labute approximate surface area is 102 Å². The van der Waals surface area contributed by atoms with Crippen molar-refractivity contribution >= 4 is 5.91 Å². The van der Waals surface area contributed by atoms with Gasteiger partial charge in [-0.25, -0.2) is 0 Å². The van der Waals surface area contributed by atoms with Crippen molar-refractivity contribution in [3.8, 4) is 0 Å². The number of hydrogen-bond donors (Lipinski definition) is 1. The van der Waals surface area contributed by atoms with E-state index in [2.05, 4.69) is 17.0 Å². The maximum absolute atomic E-state index is 12.0. The monoisotopic (exact) mass is 233 g/mol. The second-order valence-corrected chi connectivity index (χ2v) is 4.47. The third-order valence-corrected chi connectivity index (χ3v) is 3.28. The Bertz CT molecular complexity index is 380. The van der Waals surface area contributed by atoms with Crippen LogP contribution in [0.25, 0.3) is 0 Å². The predicted octanol–water partition coefficient (Wildman–Crippen LogP) is 0.288. The molecule has 1 atom stereocenters. The van der Waals surface area contributed by atoms with Gasteiger partial charge in [-0.05, 0) is 5.56 Å². The molecule has 0 bridgehead atoms. The molecular formula is C13H19N3O. The fourth-order valence-electron chi connectivity index (χ4n) is 2.21. The topological polar surface area (TPSA) is 49.6 Å². The molecule has 17 heavy (non-hydrogen) atoms. The van der Waals surface area contributed by atoms with Crippen LogP contribution in [0.1, 0.15) is 5.56 Å². The van der Waals surface area contributed by atoms with Crippen molar-refractivity contribution in [2.24, 2.45) is 5.73 Å². The molecule has 4 heteroatoms. The first kappa shape index (κ1) is 12.1. The number of carbonyl (C=O) groups is 1. The SMILES string of the molecule is CN1CCN(Cc2ccccc2)C(CN)C1=O. The van der Waals surface area contributed by atoms with E-state index in [-0.39, 0.29) is 11.9 Å². The Morgan fingerprint density at radius 3 is 2.65 bits per heavy atom. The summed E-state index contributed by atoms with van der Waals surface area (Å²) in [5.41, 5.74) is 6.94. The minimum absolute atomic E-state index is 0.134. The summed E-state index contributed by atoms with van der Waals surface area (Å²) in [5.74, 6) is 0.134. The molecule has 0 spiro atoms. The predicted molar refractivity (Wildman–Crippen MR) is 67.3 cm³/mol. The molecule has 1 amide bonds. The lowest BCUT2D eigenvalue weighted by Gasteiger charge is -2.38. The summed E-state index contributed by atoms with van der Waals surface area (Å²) >= 11 is 0. The normalized spacial score (nSPS) is 21.9. The van der Waals surface area contributed by atoms with Gasteiger partial charge in [0.2, 0.25) is 5.91 Å². The standard InChI is InChI=1S/C13H19N3O/c1-15-7-8-16(12(9-14)13(15)17)10-11-5-3-2-4-6-11/h2-6,12H,7-10,14H2,1H3. The number of amides is 1. The highest BCUT2D eigenvalue weighted by atomic mass is 16.2. The number of hydrogen-bond acceptors (Lipinski definition) is 3. The van der Waals surface area contributed by atoms with Crippen molar-refractivity contribution in [2.45, 2.75) is 12.6 Å². The maximum Gasteiger partial charge on any atom is 0.241 e. The second-order valence-electron chi connectivity index (χ2n) is 4.47. The summed E-state index contributed by atoms with van der Waals surface area (Å²) in [6.45, 7) is 2.85. The lowest BCUT2D eigenvalue weighted by molar-refractivity contribution is -0.140. The van der Waals surface area contributed by atoms with E-state index < -0.39 is 0 Å². The summed E-state index contributed by atoms with van der Waals surface area (Å²) in [5, 5.41) is 0. The Kier molecular flexibility index (Phi) is 3.76. The maximum atomic E-state index is 12.0. The smallest absolute Gasteiger partial charge is 0.241 e. The average molecular weight is 233 g/mol. The fourth-order valence-corrected chi connectivity index (χ4v) is 2.21. The van der Waals surface area contributed by atoms with Gasteiger partial charge in [-0.2, -0.15) is 0 Å². The average Bonchev–Trinajstić information content (AvgIpc) is 2.36. The number of rotatable bonds is 3. The van der Waals surface area contributed by atoms with Gasteiger partial charge in [0.1, 0.15) is 6.04 Å². The Morgan fingerprint density at radius 1 is 1.29 bits per heavy atom. The summed E-state index contributed by atoms with van der Waals surface area (Å²) in [4.78, 5) is 15.9. The molecule has 4 nitrogen and oxygen atoms in total. The zero-order chi connectivity index (χ0) is 12.3. The Morgan fingerprint density at radius 2 is 2.00 bits per heavy atom. The van der Waals surface area contributed by atoms with E-state index in [0.29, 0.717) is 6.54 Å². The van der Waals surface area contributed by atoms with Crippen LogP contribution in [0.4, 0.5) is 0 Å². The summed E-state index contributed by atoms with van der Waals surface area (Å²) in [6, 6.07) is 10.0. The van der Waals surface area contributed by atoms with E-state index in [1.165, 1.54) is 5.56 Å². The van der Waals surface area contributed by atoms with Crippen molar-refractivity contribution in [2.75, 3.05) is 26.7 Å². The molecule has 1 saturated heterocycles. The van der Waals surface area contributed by atoms with Crippen LogP contribution in [0.5, 0.6) is 0 Å². The highest BCUT2D eigenvalue weighted by Crippen LogP contribution is 2.13.